The molecule has 0 spiro atoms. The van der Waals surface area contributed by atoms with E-state index in [9.17, 15) is 4.79 Å². The minimum Gasteiger partial charge on any atom is -0.497 e. The van der Waals surface area contributed by atoms with E-state index in [1.807, 2.05) is 6.92 Å². The van der Waals surface area contributed by atoms with Gasteiger partial charge in [-0.15, -0.1) is 10.2 Å². The fourth-order valence-corrected chi connectivity index (χ4v) is 2.41. The van der Waals surface area contributed by atoms with Crippen molar-refractivity contribution >= 4 is 28.5 Å². The molecule has 0 unspecified atom stereocenters. The van der Waals surface area contributed by atoms with Crippen LogP contribution < -0.4 is 14.8 Å². The van der Waals surface area contributed by atoms with Crippen LogP contribution in [-0.4, -0.2) is 30.3 Å². The molecule has 0 aliphatic heterocycles. The predicted octanol–water partition coefficient (Wildman–Crippen LogP) is 2.77. The number of ether oxygens (including phenoxy) is 2. The number of aryl methyl sites for hydroxylation is 1. The van der Waals surface area contributed by atoms with Gasteiger partial charge in [0.2, 0.25) is 11.0 Å². The van der Waals surface area contributed by atoms with E-state index in [4.69, 9.17) is 9.47 Å². The van der Waals surface area contributed by atoms with Gasteiger partial charge in [-0.2, -0.15) is 0 Å². The lowest BCUT2D eigenvalue weighted by atomic mass is 10.1. The first-order valence-electron chi connectivity index (χ1n) is 6.69. The summed E-state index contributed by atoms with van der Waals surface area (Å²) in [7, 11) is 3.16. The summed E-state index contributed by atoms with van der Waals surface area (Å²) >= 11 is 1.36. The van der Waals surface area contributed by atoms with Gasteiger partial charge in [-0.3, -0.25) is 10.1 Å². The molecule has 0 radical (unpaired) electrons. The van der Waals surface area contributed by atoms with Gasteiger partial charge in [0.15, 0.2) is 0 Å². The zero-order valence-electron chi connectivity index (χ0n) is 12.6. The van der Waals surface area contributed by atoms with Crippen molar-refractivity contribution in [2.45, 2.75) is 13.3 Å². The van der Waals surface area contributed by atoms with Crippen LogP contribution in [0.25, 0.3) is 6.08 Å². The minimum atomic E-state index is -0.274. The molecule has 0 bridgehead atoms. The molecule has 2 aromatic rings. The number of nitrogens with one attached hydrogen (secondary N) is 1. The van der Waals surface area contributed by atoms with E-state index in [0.717, 1.165) is 17.0 Å². The van der Waals surface area contributed by atoms with Gasteiger partial charge in [-0.25, -0.2) is 0 Å². The molecule has 7 heteroatoms. The van der Waals surface area contributed by atoms with E-state index in [1.54, 1.807) is 38.5 Å². The molecule has 0 aliphatic rings. The number of rotatable bonds is 6. The van der Waals surface area contributed by atoms with Crippen LogP contribution in [-0.2, 0) is 11.2 Å². The largest absolute Gasteiger partial charge is 0.497 e. The summed E-state index contributed by atoms with van der Waals surface area (Å²) < 4.78 is 10.4. The van der Waals surface area contributed by atoms with Gasteiger partial charge in [0, 0.05) is 11.6 Å². The molecule has 1 aromatic heterocycles. The van der Waals surface area contributed by atoms with Crippen molar-refractivity contribution in [1.82, 2.24) is 10.2 Å². The van der Waals surface area contributed by atoms with Crippen molar-refractivity contribution < 1.29 is 14.3 Å². The molecule has 1 N–H and O–H groups in total. The molecule has 2 rings (SSSR count). The molecule has 1 aromatic carbocycles. The first-order valence-corrected chi connectivity index (χ1v) is 7.51. The summed E-state index contributed by atoms with van der Waals surface area (Å²) in [4.78, 5) is 11.9. The van der Waals surface area contributed by atoms with E-state index in [1.165, 1.54) is 17.4 Å². The number of benzene rings is 1. The van der Waals surface area contributed by atoms with Gasteiger partial charge in [-0.1, -0.05) is 18.3 Å². The van der Waals surface area contributed by atoms with Crippen molar-refractivity contribution in [2.75, 3.05) is 19.5 Å². The minimum absolute atomic E-state index is 0.274. The number of amides is 1. The zero-order valence-corrected chi connectivity index (χ0v) is 13.4. The van der Waals surface area contributed by atoms with Crippen LogP contribution in [0.1, 0.15) is 17.5 Å². The van der Waals surface area contributed by atoms with Crippen LogP contribution in [0.5, 0.6) is 11.5 Å². The van der Waals surface area contributed by atoms with Crippen molar-refractivity contribution in [3.63, 3.8) is 0 Å². The van der Waals surface area contributed by atoms with Gasteiger partial charge in [0.05, 0.1) is 14.2 Å². The number of hydrogen-bond acceptors (Lipinski definition) is 6. The first-order chi connectivity index (χ1) is 10.7. The number of carbonyl (C=O) groups excluding carboxylic acids is 1. The van der Waals surface area contributed by atoms with Crippen molar-refractivity contribution in [3.8, 4) is 11.5 Å². The van der Waals surface area contributed by atoms with Crippen LogP contribution in [0.15, 0.2) is 24.3 Å². The van der Waals surface area contributed by atoms with E-state index in [0.29, 0.717) is 16.6 Å². The highest BCUT2D eigenvalue weighted by atomic mass is 32.1. The lowest BCUT2D eigenvalue weighted by molar-refractivity contribution is -0.111. The molecule has 0 saturated heterocycles. The molecule has 0 saturated carbocycles. The number of nitrogens with zero attached hydrogens (tertiary/aromatic N) is 2. The molecular weight excluding hydrogens is 302 g/mol. The number of hydrogen-bond donors (Lipinski definition) is 1. The Balaban J connectivity index is 2.08. The molecule has 0 aliphatic carbocycles. The summed E-state index contributed by atoms with van der Waals surface area (Å²) in [5.41, 5.74) is 0.753. The highest BCUT2D eigenvalue weighted by Gasteiger charge is 2.06. The highest BCUT2D eigenvalue weighted by molar-refractivity contribution is 7.15. The third kappa shape index (κ3) is 4.05. The van der Waals surface area contributed by atoms with Crippen LogP contribution in [0.3, 0.4) is 0 Å². The molecular formula is C15H17N3O3S. The van der Waals surface area contributed by atoms with Gasteiger partial charge in [0.1, 0.15) is 16.5 Å². The Kier molecular flexibility index (Phi) is 5.48. The lowest BCUT2D eigenvalue weighted by Gasteiger charge is -2.07. The standard InChI is InChI=1S/C15H17N3O3S/c1-4-14-17-18-15(22-14)16-13(19)8-5-10-9-11(20-2)6-7-12(10)21-3/h5-9H,4H2,1-3H3,(H,16,18,19)/b8-5+. The average molecular weight is 319 g/mol. The van der Waals surface area contributed by atoms with Gasteiger partial charge in [0.25, 0.3) is 0 Å². The van der Waals surface area contributed by atoms with Crippen molar-refractivity contribution in [1.29, 1.82) is 0 Å². The topological polar surface area (TPSA) is 73.3 Å². The fourth-order valence-electron chi connectivity index (χ4n) is 1.73. The smallest absolute Gasteiger partial charge is 0.250 e. The fraction of sp³-hybridized carbons (Fsp3) is 0.267. The van der Waals surface area contributed by atoms with Crippen LogP contribution >= 0.6 is 11.3 Å². The predicted molar refractivity (Wildman–Crippen MR) is 86.5 cm³/mol. The van der Waals surface area contributed by atoms with Crippen molar-refractivity contribution in [3.05, 3.63) is 34.8 Å². The summed E-state index contributed by atoms with van der Waals surface area (Å²) in [6, 6.07) is 5.38. The van der Waals surface area contributed by atoms with Crippen LogP contribution in [0.2, 0.25) is 0 Å². The average Bonchev–Trinajstić information content (AvgIpc) is 3.00. The normalized spacial score (nSPS) is 10.7. The Morgan fingerprint density at radius 2 is 2.14 bits per heavy atom. The number of anilines is 1. The second kappa shape index (κ2) is 7.56. The lowest BCUT2D eigenvalue weighted by Crippen LogP contribution is -2.07. The Hall–Kier alpha value is -2.41. The number of carbonyl (C=O) groups is 1. The molecule has 1 amide bonds. The monoisotopic (exact) mass is 319 g/mol. The molecule has 0 fully saturated rings. The Labute approximate surface area is 132 Å². The summed E-state index contributed by atoms with van der Waals surface area (Å²) in [6.07, 6.45) is 3.88. The van der Waals surface area contributed by atoms with E-state index in [-0.39, 0.29) is 5.91 Å². The second-order valence-electron chi connectivity index (χ2n) is 4.28. The SMILES string of the molecule is CCc1nnc(NC(=O)/C=C/c2cc(OC)ccc2OC)s1. The van der Waals surface area contributed by atoms with E-state index >= 15 is 0 Å². The van der Waals surface area contributed by atoms with E-state index in [2.05, 4.69) is 15.5 Å². The third-order valence-electron chi connectivity index (χ3n) is 2.85. The molecule has 6 nitrogen and oxygen atoms in total. The Bertz CT molecular complexity index is 682. The maximum Gasteiger partial charge on any atom is 0.250 e. The van der Waals surface area contributed by atoms with Gasteiger partial charge >= 0.3 is 0 Å². The second-order valence-corrected chi connectivity index (χ2v) is 5.35. The number of aromatic nitrogens is 2. The maximum absolute atomic E-state index is 11.9. The summed E-state index contributed by atoms with van der Waals surface area (Å²) in [5.74, 6) is 1.08. The van der Waals surface area contributed by atoms with Gasteiger partial charge in [-0.05, 0) is 30.7 Å². The van der Waals surface area contributed by atoms with Crippen LogP contribution in [0, 0.1) is 0 Å². The molecule has 1 heterocycles. The van der Waals surface area contributed by atoms with Crippen molar-refractivity contribution in [2.24, 2.45) is 0 Å². The first kappa shape index (κ1) is 16.0. The Morgan fingerprint density at radius 1 is 1.32 bits per heavy atom. The van der Waals surface area contributed by atoms with Crippen LogP contribution in [0.4, 0.5) is 5.13 Å². The maximum atomic E-state index is 11.9. The quantitative estimate of drug-likeness (QED) is 0.829. The Morgan fingerprint density at radius 3 is 2.77 bits per heavy atom. The molecule has 0 atom stereocenters. The number of methoxy groups -OCH3 is 2. The van der Waals surface area contributed by atoms with E-state index < -0.39 is 0 Å². The summed E-state index contributed by atoms with van der Waals surface area (Å²) in [5, 5.41) is 11.9. The zero-order chi connectivity index (χ0) is 15.9. The highest BCUT2D eigenvalue weighted by Crippen LogP contribution is 2.25. The van der Waals surface area contributed by atoms with Gasteiger partial charge < -0.3 is 9.47 Å². The summed E-state index contributed by atoms with van der Waals surface area (Å²) in [6.45, 7) is 1.99. The molecule has 116 valence electrons. The third-order valence-corrected chi connectivity index (χ3v) is 3.83. The molecule has 22 heavy (non-hydrogen) atoms.